The molecule has 2 fully saturated rings. The third kappa shape index (κ3) is 2.75. The highest BCUT2D eigenvalue weighted by atomic mass is 19.1. The van der Waals surface area contributed by atoms with E-state index in [0.717, 1.165) is 45.4 Å². The van der Waals surface area contributed by atoms with Crippen molar-refractivity contribution in [2.45, 2.75) is 51.2 Å². The molecule has 1 aliphatic heterocycles. The van der Waals surface area contributed by atoms with E-state index in [0.29, 0.717) is 6.54 Å². The van der Waals surface area contributed by atoms with Crippen molar-refractivity contribution in [2.75, 3.05) is 32.7 Å². The Morgan fingerprint density at radius 2 is 1.62 bits per heavy atom. The van der Waals surface area contributed by atoms with Crippen molar-refractivity contribution >= 4 is 0 Å². The predicted octanol–water partition coefficient (Wildman–Crippen LogP) is 2.29. The van der Waals surface area contributed by atoms with Gasteiger partial charge in [0.25, 0.3) is 0 Å². The fourth-order valence-electron chi connectivity index (χ4n) is 2.70. The van der Waals surface area contributed by atoms with E-state index >= 15 is 0 Å². The SMILES string of the molecule is CC(C)(C)N1CCN(CC2(F)CCC2)CC1. The van der Waals surface area contributed by atoms with Gasteiger partial charge in [-0.3, -0.25) is 9.80 Å². The minimum absolute atomic E-state index is 0.260. The molecule has 94 valence electrons. The second-order valence-electron chi connectivity index (χ2n) is 6.44. The van der Waals surface area contributed by atoms with Crippen LogP contribution >= 0.6 is 0 Å². The molecule has 0 unspecified atom stereocenters. The summed E-state index contributed by atoms with van der Waals surface area (Å²) in [5.74, 6) is 0. The molecule has 0 aromatic heterocycles. The zero-order chi connectivity index (χ0) is 11.8. The van der Waals surface area contributed by atoms with Crippen LogP contribution in [0, 0.1) is 0 Å². The monoisotopic (exact) mass is 228 g/mol. The molecule has 1 saturated heterocycles. The summed E-state index contributed by atoms with van der Waals surface area (Å²) < 4.78 is 14.0. The minimum atomic E-state index is -0.843. The second kappa shape index (κ2) is 4.26. The number of rotatable bonds is 2. The normalized spacial score (nSPS) is 27.8. The van der Waals surface area contributed by atoms with Crippen LogP contribution in [0.3, 0.4) is 0 Å². The van der Waals surface area contributed by atoms with E-state index in [1.165, 1.54) is 0 Å². The van der Waals surface area contributed by atoms with E-state index in [-0.39, 0.29) is 5.54 Å². The number of alkyl halides is 1. The van der Waals surface area contributed by atoms with Crippen molar-refractivity contribution in [3.8, 4) is 0 Å². The average molecular weight is 228 g/mol. The molecule has 2 nitrogen and oxygen atoms in total. The summed E-state index contributed by atoms with van der Waals surface area (Å²) in [6.07, 6.45) is 2.65. The van der Waals surface area contributed by atoms with Gasteiger partial charge in [0.2, 0.25) is 0 Å². The highest BCUT2D eigenvalue weighted by molar-refractivity contribution is 4.92. The highest BCUT2D eigenvalue weighted by Crippen LogP contribution is 2.36. The minimum Gasteiger partial charge on any atom is -0.298 e. The van der Waals surface area contributed by atoms with Gasteiger partial charge in [-0.2, -0.15) is 0 Å². The van der Waals surface area contributed by atoms with Gasteiger partial charge >= 0.3 is 0 Å². The maximum atomic E-state index is 14.0. The molecule has 0 radical (unpaired) electrons. The van der Waals surface area contributed by atoms with Crippen LogP contribution in [0.25, 0.3) is 0 Å². The number of halogens is 1. The maximum absolute atomic E-state index is 14.0. The molecule has 0 aromatic rings. The van der Waals surface area contributed by atoms with Crippen molar-refractivity contribution in [1.29, 1.82) is 0 Å². The standard InChI is InChI=1S/C13H25FN2/c1-12(2,3)16-9-7-15(8-10-16)11-13(14)5-4-6-13/h4-11H2,1-3H3. The fourth-order valence-corrected chi connectivity index (χ4v) is 2.70. The molecule has 0 aromatic carbocycles. The quantitative estimate of drug-likeness (QED) is 0.715. The smallest absolute Gasteiger partial charge is 0.123 e. The summed E-state index contributed by atoms with van der Waals surface area (Å²) in [6.45, 7) is 11.7. The van der Waals surface area contributed by atoms with Crippen molar-refractivity contribution < 1.29 is 4.39 Å². The lowest BCUT2D eigenvalue weighted by Gasteiger charge is -2.45. The van der Waals surface area contributed by atoms with Gasteiger partial charge in [-0.1, -0.05) is 0 Å². The molecule has 0 bridgehead atoms. The van der Waals surface area contributed by atoms with Crippen LogP contribution in [0.1, 0.15) is 40.0 Å². The number of hydrogen-bond acceptors (Lipinski definition) is 2. The van der Waals surface area contributed by atoms with Gasteiger partial charge in [0, 0.05) is 38.3 Å². The molecule has 0 spiro atoms. The van der Waals surface area contributed by atoms with Crippen LogP contribution in [0.15, 0.2) is 0 Å². The number of nitrogens with zero attached hydrogens (tertiary/aromatic N) is 2. The third-order valence-corrected chi connectivity index (χ3v) is 4.08. The molecule has 3 heteroatoms. The molecule has 0 atom stereocenters. The van der Waals surface area contributed by atoms with Crippen LogP contribution in [0.4, 0.5) is 4.39 Å². The van der Waals surface area contributed by atoms with E-state index in [1.807, 2.05) is 0 Å². The first-order valence-corrected chi connectivity index (χ1v) is 6.55. The summed E-state index contributed by atoms with van der Waals surface area (Å²) in [5.41, 5.74) is -0.583. The lowest BCUT2D eigenvalue weighted by Crippen LogP contribution is -2.56. The zero-order valence-electron chi connectivity index (χ0n) is 10.9. The summed E-state index contributed by atoms with van der Waals surface area (Å²) >= 11 is 0. The van der Waals surface area contributed by atoms with Crippen molar-refractivity contribution in [2.24, 2.45) is 0 Å². The molecule has 0 N–H and O–H groups in total. The number of hydrogen-bond donors (Lipinski definition) is 0. The lowest BCUT2D eigenvalue weighted by atomic mass is 9.81. The average Bonchev–Trinajstić information content (AvgIpc) is 2.15. The molecule has 1 saturated carbocycles. The Morgan fingerprint density at radius 1 is 1.06 bits per heavy atom. The summed E-state index contributed by atoms with van der Waals surface area (Å²) in [6, 6.07) is 0. The summed E-state index contributed by atoms with van der Waals surface area (Å²) in [5, 5.41) is 0. The van der Waals surface area contributed by atoms with Gasteiger partial charge < -0.3 is 0 Å². The van der Waals surface area contributed by atoms with Crippen molar-refractivity contribution in [3.63, 3.8) is 0 Å². The molecule has 0 amide bonds. The second-order valence-corrected chi connectivity index (χ2v) is 6.44. The Balaban J connectivity index is 1.77. The van der Waals surface area contributed by atoms with Crippen molar-refractivity contribution in [3.05, 3.63) is 0 Å². The Hall–Kier alpha value is -0.150. The van der Waals surface area contributed by atoms with E-state index in [1.54, 1.807) is 0 Å². The first-order valence-electron chi connectivity index (χ1n) is 6.55. The first-order chi connectivity index (χ1) is 7.39. The largest absolute Gasteiger partial charge is 0.298 e. The van der Waals surface area contributed by atoms with Gasteiger partial charge in [0.1, 0.15) is 5.67 Å². The molecule has 1 heterocycles. The van der Waals surface area contributed by atoms with Crippen LogP contribution < -0.4 is 0 Å². The van der Waals surface area contributed by atoms with Crippen LogP contribution in [0.2, 0.25) is 0 Å². The van der Waals surface area contributed by atoms with Crippen LogP contribution in [-0.4, -0.2) is 53.7 Å². The molecular formula is C13H25FN2. The maximum Gasteiger partial charge on any atom is 0.123 e. The van der Waals surface area contributed by atoms with E-state index < -0.39 is 5.67 Å². The summed E-state index contributed by atoms with van der Waals surface area (Å²) in [4.78, 5) is 4.80. The Labute approximate surface area is 98.8 Å². The fraction of sp³-hybridized carbons (Fsp3) is 1.00. The molecule has 2 aliphatic rings. The van der Waals surface area contributed by atoms with Gasteiger partial charge in [-0.05, 0) is 40.0 Å². The van der Waals surface area contributed by atoms with Crippen LogP contribution in [0.5, 0.6) is 0 Å². The van der Waals surface area contributed by atoms with E-state index in [2.05, 4.69) is 30.6 Å². The van der Waals surface area contributed by atoms with Crippen LogP contribution in [-0.2, 0) is 0 Å². The van der Waals surface area contributed by atoms with E-state index in [9.17, 15) is 4.39 Å². The van der Waals surface area contributed by atoms with Gasteiger partial charge in [-0.15, -0.1) is 0 Å². The molecule has 16 heavy (non-hydrogen) atoms. The highest BCUT2D eigenvalue weighted by Gasteiger charge is 2.39. The van der Waals surface area contributed by atoms with Gasteiger partial charge in [0.15, 0.2) is 0 Å². The number of piperazine rings is 1. The lowest BCUT2D eigenvalue weighted by molar-refractivity contribution is -0.00860. The van der Waals surface area contributed by atoms with Gasteiger partial charge in [0.05, 0.1) is 0 Å². The third-order valence-electron chi connectivity index (χ3n) is 4.08. The molecule has 1 aliphatic carbocycles. The molecule has 2 rings (SSSR count). The Kier molecular flexibility index (Phi) is 3.28. The summed E-state index contributed by atoms with van der Waals surface area (Å²) in [7, 11) is 0. The molecular weight excluding hydrogens is 203 g/mol. The topological polar surface area (TPSA) is 6.48 Å². The Bertz CT molecular complexity index is 235. The van der Waals surface area contributed by atoms with Gasteiger partial charge in [-0.25, -0.2) is 4.39 Å². The Morgan fingerprint density at radius 3 is 2.00 bits per heavy atom. The van der Waals surface area contributed by atoms with Crippen molar-refractivity contribution in [1.82, 2.24) is 9.80 Å². The van der Waals surface area contributed by atoms with E-state index in [4.69, 9.17) is 0 Å². The predicted molar refractivity (Wildman–Crippen MR) is 65.5 cm³/mol. The zero-order valence-corrected chi connectivity index (χ0v) is 10.9. The first kappa shape index (κ1) is 12.3.